The van der Waals surface area contributed by atoms with Gasteiger partial charge in [-0.3, -0.25) is 0 Å². The quantitative estimate of drug-likeness (QED) is 0.667. The van der Waals surface area contributed by atoms with Crippen LogP contribution in [0, 0.1) is 0 Å². The molecule has 0 aromatic carbocycles. The second-order valence-corrected chi connectivity index (χ2v) is 5.78. The van der Waals surface area contributed by atoms with Crippen molar-refractivity contribution in [3.8, 4) is 10.7 Å². The van der Waals surface area contributed by atoms with Gasteiger partial charge in [0.1, 0.15) is 0 Å². The third-order valence-electron chi connectivity index (χ3n) is 2.92. The van der Waals surface area contributed by atoms with Gasteiger partial charge in [0.25, 0.3) is 0 Å². The molecule has 0 amide bonds. The average molecular weight is 358 g/mol. The monoisotopic (exact) mass is 358 g/mol. The van der Waals surface area contributed by atoms with Gasteiger partial charge in [-0.25, -0.2) is 9.78 Å². The van der Waals surface area contributed by atoms with Gasteiger partial charge >= 0.3 is 18.0 Å². The molecule has 0 radical (unpaired) electrons. The van der Waals surface area contributed by atoms with Crippen molar-refractivity contribution in [3.05, 3.63) is 41.1 Å². The van der Waals surface area contributed by atoms with Crippen molar-refractivity contribution in [1.29, 1.82) is 0 Å². The second-order valence-electron chi connectivity index (χ2n) is 4.61. The normalized spacial score (nSPS) is 11.7. The summed E-state index contributed by atoms with van der Waals surface area (Å²) in [6, 6.07) is 3.32. The first-order valence-corrected chi connectivity index (χ1v) is 7.28. The number of aromatic nitrogens is 4. The second kappa shape index (κ2) is 6.07. The summed E-state index contributed by atoms with van der Waals surface area (Å²) in [5, 5.41) is 3.34. The van der Waals surface area contributed by atoms with Crippen molar-refractivity contribution in [2.45, 2.75) is 12.7 Å². The van der Waals surface area contributed by atoms with Crippen molar-refractivity contribution < 1.29 is 27.2 Å². The lowest BCUT2D eigenvalue weighted by Gasteiger charge is -1.97. The zero-order valence-electron chi connectivity index (χ0n) is 12.1. The van der Waals surface area contributed by atoms with E-state index in [1.807, 2.05) is 0 Å². The first kappa shape index (κ1) is 16.2. The highest BCUT2D eigenvalue weighted by molar-refractivity contribution is 7.15. The molecule has 0 saturated heterocycles. The van der Waals surface area contributed by atoms with Crippen LogP contribution in [-0.2, 0) is 17.5 Å². The SMILES string of the molecule is COC(=O)c1cn(Cc2ccc(-c3noc(C(F)(F)F)n3)s2)cn1. The Morgan fingerprint density at radius 2 is 2.21 bits per heavy atom. The summed E-state index contributed by atoms with van der Waals surface area (Å²) in [5.41, 5.74) is 0.169. The lowest BCUT2D eigenvalue weighted by atomic mass is 10.4. The number of halogens is 3. The third kappa shape index (κ3) is 3.30. The van der Waals surface area contributed by atoms with Crippen LogP contribution < -0.4 is 0 Å². The molecule has 126 valence electrons. The molecule has 0 N–H and O–H groups in total. The van der Waals surface area contributed by atoms with Gasteiger partial charge in [0.15, 0.2) is 5.69 Å². The van der Waals surface area contributed by atoms with E-state index in [9.17, 15) is 18.0 Å². The molecule has 0 aliphatic heterocycles. The molecule has 0 aliphatic rings. The van der Waals surface area contributed by atoms with E-state index < -0.39 is 18.0 Å². The van der Waals surface area contributed by atoms with E-state index in [1.54, 1.807) is 16.7 Å². The van der Waals surface area contributed by atoms with Gasteiger partial charge in [-0.05, 0) is 12.1 Å². The fourth-order valence-electron chi connectivity index (χ4n) is 1.86. The molecule has 0 fully saturated rings. The molecular formula is C13H9F3N4O3S. The number of ether oxygens (including phenoxy) is 1. The zero-order chi connectivity index (χ0) is 17.3. The molecule has 3 aromatic heterocycles. The number of thiophene rings is 1. The van der Waals surface area contributed by atoms with Gasteiger partial charge in [-0.2, -0.15) is 18.2 Å². The van der Waals surface area contributed by atoms with Crippen LogP contribution in [0.3, 0.4) is 0 Å². The molecule has 11 heteroatoms. The Kier molecular flexibility index (Phi) is 4.09. The van der Waals surface area contributed by atoms with Crippen LogP contribution in [0.15, 0.2) is 29.2 Å². The van der Waals surface area contributed by atoms with Crippen LogP contribution in [-0.4, -0.2) is 32.8 Å². The Morgan fingerprint density at radius 3 is 2.88 bits per heavy atom. The number of rotatable bonds is 4. The van der Waals surface area contributed by atoms with Crippen molar-refractivity contribution >= 4 is 17.3 Å². The maximum atomic E-state index is 12.5. The lowest BCUT2D eigenvalue weighted by molar-refractivity contribution is -0.159. The van der Waals surface area contributed by atoms with Crippen LogP contribution in [0.4, 0.5) is 13.2 Å². The molecule has 3 aromatic rings. The fraction of sp³-hybridized carbons (Fsp3) is 0.231. The standard InChI is InChI=1S/C13H9F3N4O3S/c1-22-11(21)8-5-20(6-17-8)4-7-2-3-9(24-7)10-18-12(23-19-10)13(14,15)16/h2-3,5-6H,4H2,1H3. The number of hydrogen-bond donors (Lipinski definition) is 0. The fourth-order valence-corrected chi connectivity index (χ4v) is 2.80. The summed E-state index contributed by atoms with van der Waals surface area (Å²) in [5.74, 6) is -2.06. The summed E-state index contributed by atoms with van der Waals surface area (Å²) < 4.78 is 47.8. The first-order chi connectivity index (χ1) is 11.4. The van der Waals surface area contributed by atoms with Crippen LogP contribution in [0.5, 0.6) is 0 Å². The Bertz CT molecular complexity index is 868. The molecule has 0 saturated carbocycles. The maximum Gasteiger partial charge on any atom is 0.471 e. The number of carbonyl (C=O) groups excluding carboxylic acids is 1. The number of hydrogen-bond acceptors (Lipinski definition) is 7. The molecule has 0 spiro atoms. The van der Waals surface area contributed by atoms with Crippen molar-refractivity contribution in [1.82, 2.24) is 19.7 Å². The van der Waals surface area contributed by atoms with E-state index in [2.05, 4.69) is 24.4 Å². The van der Waals surface area contributed by atoms with Gasteiger partial charge in [0.2, 0.25) is 5.82 Å². The van der Waals surface area contributed by atoms with E-state index in [0.717, 1.165) is 4.88 Å². The van der Waals surface area contributed by atoms with E-state index in [4.69, 9.17) is 0 Å². The van der Waals surface area contributed by atoms with Gasteiger partial charge in [-0.1, -0.05) is 5.16 Å². The summed E-state index contributed by atoms with van der Waals surface area (Å²) in [7, 11) is 1.26. The molecule has 3 heterocycles. The predicted octanol–water partition coefficient (Wildman–Crippen LogP) is 2.85. The minimum atomic E-state index is -4.67. The maximum absolute atomic E-state index is 12.5. The summed E-state index contributed by atoms with van der Waals surface area (Å²) >= 11 is 1.21. The number of methoxy groups -OCH3 is 1. The van der Waals surface area contributed by atoms with Gasteiger partial charge in [-0.15, -0.1) is 11.3 Å². The predicted molar refractivity (Wildman–Crippen MR) is 75.3 cm³/mol. The van der Waals surface area contributed by atoms with Gasteiger partial charge in [0.05, 0.1) is 24.9 Å². The number of carbonyl (C=O) groups is 1. The number of imidazole rings is 1. The highest BCUT2D eigenvalue weighted by Gasteiger charge is 2.38. The first-order valence-electron chi connectivity index (χ1n) is 6.47. The van der Waals surface area contributed by atoms with E-state index in [1.165, 1.54) is 31.0 Å². The zero-order valence-corrected chi connectivity index (χ0v) is 12.9. The van der Waals surface area contributed by atoms with Crippen LogP contribution in [0.25, 0.3) is 10.7 Å². The van der Waals surface area contributed by atoms with Crippen LogP contribution in [0.1, 0.15) is 21.3 Å². The third-order valence-corrected chi connectivity index (χ3v) is 3.98. The minimum Gasteiger partial charge on any atom is -0.464 e. The Labute approximate surface area is 136 Å². The minimum absolute atomic E-state index is 0.126. The van der Waals surface area contributed by atoms with Gasteiger partial charge < -0.3 is 13.8 Å². The lowest BCUT2D eigenvalue weighted by Crippen LogP contribution is -2.04. The topological polar surface area (TPSA) is 83.0 Å². The highest BCUT2D eigenvalue weighted by atomic mass is 32.1. The van der Waals surface area contributed by atoms with Crippen molar-refractivity contribution in [3.63, 3.8) is 0 Å². The number of nitrogens with zero attached hydrogens (tertiary/aromatic N) is 4. The number of esters is 1. The van der Waals surface area contributed by atoms with E-state index in [-0.39, 0.29) is 11.5 Å². The average Bonchev–Trinajstić information content (AvgIpc) is 3.25. The molecule has 0 bridgehead atoms. The van der Waals surface area contributed by atoms with Crippen molar-refractivity contribution in [2.24, 2.45) is 0 Å². The molecule has 3 rings (SSSR count). The van der Waals surface area contributed by atoms with Crippen LogP contribution >= 0.6 is 11.3 Å². The van der Waals surface area contributed by atoms with Gasteiger partial charge in [0, 0.05) is 11.1 Å². The Morgan fingerprint density at radius 1 is 1.42 bits per heavy atom. The summed E-state index contributed by atoms with van der Waals surface area (Å²) in [6.45, 7) is 0.388. The molecule has 24 heavy (non-hydrogen) atoms. The largest absolute Gasteiger partial charge is 0.471 e. The van der Waals surface area contributed by atoms with E-state index in [0.29, 0.717) is 11.4 Å². The molecular weight excluding hydrogens is 349 g/mol. The molecule has 0 unspecified atom stereocenters. The highest BCUT2D eigenvalue weighted by Crippen LogP contribution is 2.31. The summed E-state index contributed by atoms with van der Waals surface area (Å²) in [6.07, 6.45) is -1.70. The van der Waals surface area contributed by atoms with Crippen molar-refractivity contribution in [2.75, 3.05) is 7.11 Å². The molecule has 0 atom stereocenters. The smallest absolute Gasteiger partial charge is 0.464 e. The van der Waals surface area contributed by atoms with E-state index >= 15 is 0 Å². The Hall–Kier alpha value is -2.69. The Balaban J connectivity index is 1.75. The van der Waals surface area contributed by atoms with Crippen LogP contribution in [0.2, 0.25) is 0 Å². The number of alkyl halides is 3. The summed E-state index contributed by atoms with van der Waals surface area (Å²) in [4.78, 5) is 19.8. The molecule has 7 nitrogen and oxygen atoms in total. The molecule has 0 aliphatic carbocycles.